The normalized spacial score (nSPS) is 23.7. The maximum atomic E-state index is 11.8. The predicted molar refractivity (Wildman–Crippen MR) is 96.9 cm³/mol. The van der Waals surface area contributed by atoms with Crippen molar-refractivity contribution in [2.75, 3.05) is 37.7 Å². The molecule has 2 aromatic rings. The number of fused-ring (bicyclic) bond motifs is 3. The third kappa shape index (κ3) is 3.45. The Balaban J connectivity index is 1.59. The second kappa shape index (κ2) is 7.09. The first-order chi connectivity index (χ1) is 12.6. The van der Waals surface area contributed by atoms with Crippen LogP contribution in [0.1, 0.15) is 21.9 Å². The molecule has 2 aliphatic rings. The predicted octanol–water partition coefficient (Wildman–Crippen LogP) is 1.42. The molecule has 7 nitrogen and oxygen atoms in total. The molecule has 2 aliphatic heterocycles. The fourth-order valence-corrected chi connectivity index (χ4v) is 3.91. The summed E-state index contributed by atoms with van der Waals surface area (Å²) in [6, 6.07) is 7.72. The number of aryl methyl sites for hydroxylation is 1. The van der Waals surface area contributed by atoms with Crippen LogP contribution in [0.15, 0.2) is 34.9 Å². The molecule has 2 aromatic heterocycles. The zero-order valence-electron chi connectivity index (χ0n) is 14.9. The Morgan fingerprint density at radius 3 is 2.92 bits per heavy atom. The summed E-state index contributed by atoms with van der Waals surface area (Å²) in [5, 5.41) is 0. The van der Waals surface area contributed by atoms with E-state index < -0.39 is 5.91 Å². The monoisotopic (exact) mass is 356 g/mol. The van der Waals surface area contributed by atoms with Gasteiger partial charge in [0.05, 0.1) is 31.4 Å². The topological polar surface area (TPSA) is 84.8 Å². The van der Waals surface area contributed by atoms with E-state index in [9.17, 15) is 4.79 Å². The van der Waals surface area contributed by atoms with Gasteiger partial charge in [0.2, 0.25) is 0 Å². The van der Waals surface area contributed by atoms with Gasteiger partial charge in [-0.3, -0.25) is 9.69 Å². The molecule has 4 rings (SSSR count). The van der Waals surface area contributed by atoms with Gasteiger partial charge in [0.25, 0.3) is 5.91 Å². The molecule has 138 valence electrons. The van der Waals surface area contributed by atoms with Crippen molar-refractivity contribution in [3.63, 3.8) is 0 Å². The maximum absolute atomic E-state index is 11.8. The van der Waals surface area contributed by atoms with E-state index in [1.165, 1.54) is 0 Å². The number of primary amides is 1. The SMILES string of the molecule is Cc1ccc(CN2C[C@H]3COC[C@@H]2CN(c2ncccc2C(N)=O)C3)o1. The van der Waals surface area contributed by atoms with Crippen LogP contribution < -0.4 is 10.6 Å². The number of rotatable bonds is 4. The molecule has 7 heteroatoms. The molecule has 2 atom stereocenters. The molecule has 2 bridgehead atoms. The van der Waals surface area contributed by atoms with E-state index in [-0.39, 0.29) is 6.04 Å². The van der Waals surface area contributed by atoms with Crippen LogP contribution in [-0.2, 0) is 11.3 Å². The first-order valence-corrected chi connectivity index (χ1v) is 8.97. The van der Waals surface area contributed by atoms with E-state index in [4.69, 9.17) is 14.9 Å². The number of furan rings is 1. The Labute approximate surface area is 152 Å². The van der Waals surface area contributed by atoms with E-state index in [1.54, 1.807) is 18.3 Å². The summed E-state index contributed by atoms with van der Waals surface area (Å²) in [7, 11) is 0. The fraction of sp³-hybridized carbons (Fsp3) is 0.474. The molecular weight excluding hydrogens is 332 g/mol. The average Bonchev–Trinajstić information content (AvgIpc) is 2.82. The quantitative estimate of drug-likeness (QED) is 0.892. The zero-order chi connectivity index (χ0) is 18.1. The van der Waals surface area contributed by atoms with Gasteiger partial charge in [0.1, 0.15) is 17.3 Å². The highest BCUT2D eigenvalue weighted by Crippen LogP contribution is 2.26. The molecular formula is C19H24N4O3. The minimum atomic E-state index is -0.443. The smallest absolute Gasteiger partial charge is 0.252 e. The summed E-state index contributed by atoms with van der Waals surface area (Å²) in [5.74, 6) is 2.46. The number of anilines is 1. The van der Waals surface area contributed by atoms with Crippen LogP contribution in [0.3, 0.4) is 0 Å². The van der Waals surface area contributed by atoms with Gasteiger partial charge in [-0.1, -0.05) is 0 Å². The molecule has 0 unspecified atom stereocenters. The van der Waals surface area contributed by atoms with Crippen LogP contribution in [0.5, 0.6) is 0 Å². The van der Waals surface area contributed by atoms with Gasteiger partial charge in [-0.2, -0.15) is 0 Å². The van der Waals surface area contributed by atoms with Crippen molar-refractivity contribution < 1.29 is 13.9 Å². The molecule has 0 aliphatic carbocycles. The third-order valence-corrected chi connectivity index (χ3v) is 5.09. The van der Waals surface area contributed by atoms with Crippen LogP contribution in [0.2, 0.25) is 0 Å². The summed E-state index contributed by atoms with van der Waals surface area (Å²) in [4.78, 5) is 20.9. The third-order valence-electron chi connectivity index (χ3n) is 5.09. The van der Waals surface area contributed by atoms with Gasteiger partial charge in [-0.25, -0.2) is 4.98 Å². The van der Waals surface area contributed by atoms with Gasteiger partial charge in [0, 0.05) is 31.7 Å². The number of carbonyl (C=O) groups is 1. The Morgan fingerprint density at radius 1 is 1.27 bits per heavy atom. The summed E-state index contributed by atoms with van der Waals surface area (Å²) < 4.78 is 11.7. The summed E-state index contributed by atoms with van der Waals surface area (Å²) in [5.41, 5.74) is 6.03. The summed E-state index contributed by atoms with van der Waals surface area (Å²) in [6.45, 7) is 6.55. The van der Waals surface area contributed by atoms with Crippen molar-refractivity contribution in [2.24, 2.45) is 11.7 Å². The second-order valence-electron chi connectivity index (χ2n) is 7.14. The molecule has 0 aromatic carbocycles. The van der Waals surface area contributed by atoms with Gasteiger partial charge in [-0.15, -0.1) is 0 Å². The first-order valence-electron chi connectivity index (χ1n) is 8.97. The van der Waals surface area contributed by atoms with Crippen LogP contribution in [0.4, 0.5) is 5.82 Å². The highest BCUT2D eigenvalue weighted by atomic mass is 16.5. The number of amides is 1. The Bertz CT molecular complexity index is 791. The lowest BCUT2D eigenvalue weighted by Gasteiger charge is -2.32. The average molecular weight is 356 g/mol. The lowest BCUT2D eigenvalue weighted by atomic mass is 10.1. The van der Waals surface area contributed by atoms with E-state index >= 15 is 0 Å². The molecule has 26 heavy (non-hydrogen) atoms. The maximum Gasteiger partial charge on any atom is 0.252 e. The standard InChI is InChI=1S/C19H24N4O3/c1-13-4-5-16(26-13)10-22-7-14-8-23(9-15(22)12-25-11-14)19-17(18(20)24)3-2-6-21-19/h2-6,14-15H,7-12H2,1H3,(H2,20,24)/t14-,15+/m1/s1. The largest absolute Gasteiger partial charge is 0.465 e. The first kappa shape index (κ1) is 17.1. The lowest BCUT2D eigenvalue weighted by molar-refractivity contribution is 0.0855. The van der Waals surface area contributed by atoms with E-state index in [0.717, 1.165) is 37.7 Å². The summed E-state index contributed by atoms with van der Waals surface area (Å²) in [6.07, 6.45) is 1.71. The Kier molecular flexibility index (Phi) is 4.65. The molecule has 4 heterocycles. The molecule has 2 fully saturated rings. The molecule has 2 saturated heterocycles. The Morgan fingerprint density at radius 2 is 2.15 bits per heavy atom. The van der Waals surface area contributed by atoms with Crippen LogP contribution in [-0.4, -0.2) is 54.7 Å². The van der Waals surface area contributed by atoms with E-state index in [2.05, 4.69) is 14.8 Å². The van der Waals surface area contributed by atoms with Crippen molar-refractivity contribution >= 4 is 11.7 Å². The Hall–Kier alpha value is -2.38. The van der Waals surface area contributed by atoms with Crippen molar-refractivity contribution in [2.45, 2.75) is 19.5 Å². The number of carbonyl (C=O) groups excluding carboxylic acids is 1. The lowest BCUT2D eigenvalue weighted by Crippen LogP contribution is -2.44. The molecule has 0 saturated carbocycles. The van der Waals surface area contributed by atoms with Crippen LogP contribution in [0, 0.1) is 12.8 Å². The number of nitrogens with two attached hydrogens (primary N) is 1. The van der Waals surface area contributed by atoms with E-state index in [1.807, 2.05) is 19.1 Å². The van der Waals surface area contributed by atoms with Gasteiger partial charge >= 0.3 is 0 Å². The zero-order valence-corrected chi connectivity index (χ0v) is 14.9. The number of ether oxygens (including phenoxy) is 1. The van der Waals surface area contributed by atoms with Gasteiger partial charge in [0.15, 0.2) is 0 Å². The van der Waals surface area contributed by atoms with Gasteiger partial charge < -0.3 is 19.8 Å². The number of pyridine rings is 1. The molecule has 0 spiro atoms. The van der Waals surface area contributed by atoms with E-state index in [0.29, 0.717) is 30.5 Å². The van der Waals surface area contributed by atoms with Crippen LogP contribution >= 0.6 is 0 Å². The molecule has 0 radical (unpaired) electrons. The number of hydrogen-bond donors (Lipinski definition) is 1. The molecule has 2 N–H and O–H groups in total. The fourth-order valence-electron chi connectivity index (χ4n) is 3.91. The van der Waals surface area contributed by atoms with Gasteiger partial charge in [-0.05, 0) is 31.2 Å². The number of hydrogen-bond acceptors (Lipinski definition) is 6. The van der Waals surface area contributed by atoms with Crippen LogP contribution in [0.25, 0.3) is 0 Å². The van der Waals surface area contributed by atoms with Crippen molar-refractivity contribution in [1.29, 1.82) is 0 Å². The van der Waals surface area contributed by atoms with Crippen molar-refractivity contribution in [1.82, 2.24) is 9.88 Å². The minimum absolute atomic E-state index is 0.204. The van der Waals surface area contributed by atoms with Crippen molar-refractivity contribution in [3.05, 3.63) is 47.5 Å². The highest BCUT2D eigenvalue weighted by molar-refractivity contribution is 5.97. The number of aromatic nitrogens is 1. The number of nitrogens with zero attached hydrogens (tertiary/aromatic N) is 3. The summed E-state index contributed by atoms with van der Waals surface area (Å²) >= 11 is 0. The second-order valence-corrected chi connectivity index (χ2v) is 7.14. The van der Waals surface area contributed by atoms with Crippen molar-refractivity contribution in [3.8, 4) is 0 Å². The highest BCUT2D eigenvalue weighted by Gasteiger charge is 2.35. The minimum Gasteiger partial charge on any atom is -0.465 e. The molecule has 1 amide bonds.